The van der Waals surface area contributed by atoms with Crippen molar-refractivity contribution in [2.45, 2.75) is 46.1 Å². The third-order valence-corrected chi connectivity index (χ3v) is 6.30. The fourth-order valence-electron chi connectivity index (χ4n) is 4.46. The summed E-state index contributed by atoms with van der Waals surface area (Å²) in [6.45, 7) is 6.62. The van der Waals surface area contributed by atoms with Crippen molar-refractivity contribution in [3.05, 3.63) is 64.1 Å². The summed E-state index contributed by atoms with van der Waals surface area (Å²) in [6.07, 6.45) is 3.80. The van der Waals surface area contributed by atoms with Crippen LogP contribution in [-0.4, -0.2) is 33.2 Å². The molecule has 2 aromatic heterocycles. The molecule has 0 spiro atoms. The number of fused-ring (bicyclic) bond motifs is 1. The van der Waals surface area contributed by atoms with Gasteiger partial charge in [0.15, 0.2) is 0 Å². The van der Waals surface area contributed by atoms with Gasteiger partial charge >= 0.3 is 11.8 Å². The van der Waals surface area contributed by atoms with Crippen LogP contribution in [0.4, 0.5) is 11.5 Å². The van der Waals surface area contributed by atoms with Crippen LogP contribution < -0.4 is 16.6 Å². The molecule has 1 saturated heterocycles. The SMILES string of the molecule is CCc1cc(NC(=O)C(=O)N2CC(C)(C)CC[C@H]2c2ccc3[nH]c(=O)ccc3c2)cnc1N. The zero-order valence-electron chi connectivity index (χ0n) is 19.1. The molecule has 0 saturated carbocycles. The second-order valence-electron chi connectivity index (χ2n) is 9.40. The van der Waals surface area contributed by atoms with Crippen molar-refractivity contribution < 1.29 is 9.59 Å². The van der Waals surface area contributed by atoms with E-state index in [2.05, 4.69) is 29.1 Å². The molecule has 3 aromatic rings. The van der Waals surface area contributed by atoms with E-state index in [1.54, 1.807) is 17.0 Å². The molecule has 0 radical (unpaired) electrons. The maximum Gasteiger partial charge on any atom is 0.313 e. The number of nitrogens with zero attached hydrogens (tertiary/aromatic N) is 2. The molecular weight excluding hydrogens is 418 g/mol. The highest BCUT2D eigenvalue weighted by Crippen LogP contribution is 2.40. The van der Waals surface area contributed by atoms with Crippen LogP contribution in [0.1, 0.15) is 50.8 Å². The molecule has 1 aliphatic heterocycles. The number of piperidine rings is 1. The summed E-state index contributed by atoms with van der Waals surface area (Å²) in [5, 5.41) is 3.57. The number of benzene rings is 1. The molecule has 3 heterocycles. The third kappa shape index (κ3) is 4.74. The number of aromatic nitrogens is 2. The van der Waals surface area contributed by atoms with Crippen molar-refractivity contribution >= 4 is 34.2 Å². The first-order chi connectivity index (χ1) is 15.7. The lowest BCUT2D eigenvalue weighted by Gasteiger charge is -2.43. The summed E-state index contributed by atoms with van der Waals surface area (Å²) in [4.78, 5) is 46.4. The Morgan fingerprint density at radius 3 is 2.79 bits per heavy atom. The molecule has 1 aromatic carbocycles. The largest absolute Gasteiger partial charge is 0.383 e. The van der Waals surface area contributed by atoms with Gasteiger partial charge in [0.1, 0.15) is 5.82 Å². The Morgan fingerprint density at radius 2 is 2.03 bits per heavy atom. The van der Waals surface area contributed by atoms with Crippen molar-refractivity contribution in [2.75, 3.05) is 17.6 Å². The molecule has 0 aliphatic carbocycles. The molecule has 8 heteroatoms. The Balaban J connectivity index is 1.62. The van der Waals surface area contributed by atoms with E-state index in [1.165, 1.54) is 12.3 Å². The number of pyridine rings is 2. The lowest BCUT2D eigenvalue weighted by Crippen LogP contribution is -2.49. The van der Waals surface area contributed by atoms with Crippen LogP contribution in [-0.2, 0) is 16.0 Å². The number of aryl methyl sites for hydroxylation is 1. The number of nitrogens with one attached hydrogen (secondary N) is 2. The number of likely N-dealkylation sites (tertiary alicyclic amines) is 1. The standard InChI is InChI=1S/C25H29N5O3/c1-4-15-12-18(13-27-22(15)26)28-23(32)24(33)30-14-25(2,3)10-9-20(30)17-5-7-19-16(11-17)6-8-21(31)29-19/h5-8,11-13,20H,4,9-10,14H2,1-3H3,(H2,26,27)(H,28,32)(H,29,31)/t20-/m0/s1. The van der Waals surface area contributed by atoms with Gasteiger partial charge in [-0.3, -0.25) is 14.4 Å². The Bertz CT molecular complexity index is 1280. The highest BCUT2D eigenvalue weighted by Gasteiger charge is 2.38. The van der Waals surface area contributed by atoms with Crippen LogP contribution in [0, 0.1) is 5.41 Å². The van der Waals surface area contributed by atoms with Crippen LogP contribution in [0.25, 0.3) is 10.9 Å². The van der Waals surface area contributed by atoms with Crippen molar-refractivity contribution in [3.63, 3.8) is 0 Å². The lowest BCUT2D eigenvalue weighted by molar-refractivity contribution is -0.147. The molecule has 1 atom stereocenters. The highest BCUT2D eigenvalue weighted by atomic mass is 16.2. The third-order valence-electron chi connectivity index (χ3n) is 6.30. The van der Waals surface area contributed by atoms with Gasteiger partial charge in [-0.1, -0.05) is 26.8 Å². The number of aromatic amines is 1. The maximum atomic E-state index is 13.3. The lowest BCUT2D eigenvalue weighted by atomic mass is 9.79. The number of carbonyl (C=O) groups excluding carboxylic acids is 2. The second kappa shape index (κ2) is 8.69. The van der Waals surface area contributed by atoms with Crippen LogP contribution in [0.3, 0.4) is 0 Å². The Labute approximate surface area is 192 Å². The number of hydrogen-bond acceptors (Lipinski definition) is 5. The summed E-state index contributed by atoms with van der Waals surface area (Å²) < 4.78 is 0. The minimum absolute atomic E-state index is 0.105. The summed E-state index contributed by atoms with van der Waals surface area (Å²) in [7, 11) is 0. The molecular formula is C25H29N5O3. The average Bonchev–Trinajstić information content (AvgIpc) is 2.79. The quantitative estimate of drug-likeness (QED) is 0.532. The zero-order valence-corrected chi connectivity index (χ0v) is 19.1. The van der Waals surface area contributed by atoms with E-state index in [1.807, 2.05) is 25.1 Å². The predicted molar refractivity (Wildman–Crippen MR) is 129 cm³/mol. The number of H-pyrrole nitrogens is 1. The van der Waals surface area contributed by atoms with Gasteiger partial charge in [0, 0.05) is 18.1 Å². The Morgan fingerprint density at radius 1 is 1.24 bits per heavy atom. The van der Waals surface area contributed by atoms with Crippen LogP contribution in [0.2, 0.25) is 0 Å². The number of carbonyl (C=O) groups is 2. The van der Waals surface area contributed by atoms with Gasteiger partial charge < -0.3 is 20.9 Å². The van der Waals surface area contributed by atoms with Gasteiger partial charge in [-0.15, -0.1) is 0 Å². The fraction of sp³-hybridized carbons (Fsp3) is 0.360. The van der Waals surface area contributed by atoms with Gasteiger partial charge in [-0.2, -0.15) is 0 Å². The monoisotopic (exact) mass is 447 g/mol. The normalized spacial score (nSPS) is 17.7. The number of nitrogens with two attached hydrogens (primary N) is 1. The second-order valence-corrected chi connectivity index (χ2v) is 9.40. The predicted octanol–water partition coefficient (Wildman–Crippen LogP) is 3.40. The van der Waals surface area contributed by atoms with E-state index >= 15 is 0 Å². The summed E-state index contributed by atoms with van der Waals surface area (Å²) in [5.74, 6) is -0.863. The first kappa shape index (κ1) is 22.5. The molecule has 4 N–H and O–H groups in total. The van der Waals surface area contributed by atoms with Crippen molar-refractivity contribution in [2.24, 2.45) is 5.41 Å². The van der Waals surface area contributed by atoms with E-state index in [4.69, 9.17) is 5.73 Å². The zero-order chi connectivity index (χ0) is 23.8. The number of amides is 2. The fourth-order valence-corrected chi connectivity index (χ4v) is 4.46. The highest BCUT2D eigenvalue weighted by molar-refractivity contribution is 6.39. The number of hydrogen-bond donors (Lipinski definition) is 3. The van der Waals surface area contributed by atoms with Crippen molar-refractivity contribution in [1.82, 2.24) is 14.9 Å². The summed E-state index contributed by atoms with van der Waals surface area (Å²) >= 11 is 0. The average molecular weight is 448 g/mol. The first-order valence-electron chi connectivity index (χ1n) is 11.2. The van der Waals surface area contributed by atoms with Gasteiger partial charge in [0.25, 0.3) is 0 Å². The molecule has 172 valence electrons. The van der Waals surface area contributed by atoms with Gasteiger partial charge in [-0.25, -0.2) is 4.98 Å². The summed E-state index contributed by atoms with van der Waals surface area (Å²) in [5.41, 5.74) is 8.52. The van der Waals surface area contributed by atoms with Gasteiger partial charge in [-0.05, 0) is 65.5 Å². The number of rotatable bonds is 3. The van der Waals surface area contributed by atoms with E-state index in [0.29, 0.717) is 24.5 Å². The Kier molecular flexibility index (Phi) is 5.93. The molecule has 33 heavy (non-hydrogen) atoms. The molecule has 2 amide bonds. The van der Waals surface area contributed by atoms with Gasteiger partial charge in [0.2, 0.25) is 5.56 Å². The van der Waals surface area contributed by atoms with E-state index in [9.17, 15) is 14.4 Å². The van der Waals surface area contributed by atoms with Crippen LogP contribution in [0.5, 0.6) is 0 Å². The van der Waals surface area contributed by atoms with Crippen LogP contribution in [0.15, 0.2) is 47.4 Å². The molecule has 0 bridgehead atoms. The van der Waals surface area contributed by atoms with E-state index < -0.39 is 11.8 Å². The van der Waals surface area contributed by atoms with E-state index in [0.717, 1.165) is 34.9 Å². The molecule has 0 unspecified atom stereocenters. The number of anilines is 2. The number of nitrogen functional groups attached to an aromatic ring is 1. The molecule has 1 fully saturated rings. The smallest absolute Gasteiger partial charge is 0.313 e. The molecule has 4 rings (SSSR count). The minimum atomic E-state index is -0.698. The minimum Gasteiger partial charge on any atom is -0.383 e. The Hall–Kier alpha value is -3.68. The molecule has 1 aliphatic rings. The summed E-state index contributed by atoms with van der Waals surface area (Å²) in [6, 6.07) is 10.5. The topological polar surface area (TPSA) is 121 Å². The first-order valence-corrected chi connectivity index (χ1v) is 11.2. The van der Waals surface area contributed by atoms with Crippen molar-refractivity contribution in [3.8, 4) is 0 Å². The van der Waals surface area contributed by atoms with E-state index in [-0.39, 0.29) is 17.0 Å². The van der Waals surface area contributed by atoms with Crippen LogP contribution >= 0.6 is 0 Å². The van der Waals surface area contributed by atoms with Gasteiger partial charge in [0.05, 0.1) is 17.9 Å². The van der Waals surface area contributed by atoms with Crippen molar-refractivity contribution in [1.29, 1.82) is 0 Å². The maximum absolute atomic E-state index is 13.3. The molecule has 8 nitrogen and oxygen atoms in total.